The maximum Gasteiger partial charge on any atom is 0.173 e. The third-order valence-corrected chi connectivity index (χ3v) is 1.65. The number of anilines is 1. The van der Waals surface area contributed by atoms with E-state index in [1.54, 1.807) is 16.8 Å². The van der Waals surface area contributed by atoms with Gasteiger partial charge in [-0.05, 0) is 6.92 Å². The van der Waals surface area contributed by atoms with Gasteiger partial charge < -0.3 is 15.2 Å². The molecule has 5 heteroatoms. The van der Waals surface area contributed by atoms with Crippen molar-refractivity contribution in [2.24, 2.45) is 0 Å². The Balaban J connectivity index is 0. The van der Waals surface area contributed by atoms with Gasteiger partial charge in [0.25, 0.3) is 0 Å². The number of nitrogens with two attached hydrogens (primary N) is 1. The van der Waals surface area contributed by atoms with E-state index >= 15 is 0 Å². The normalized spacial score (nSPS) is 8.22. The number of nitrogens with zero attached hydrogens (tertiary/aromatic N) is 2. The van der Waals surface area contributed by atoms with Crippen LogP contribution in [0, 0.1) is 12.7 Å². The number of aliphatic hydroxyl groups is 1. The number of hydrogen-bond donors (Lipinski definition) is 2. The number of rotatable bonds is 0. The number of aromatic nitrogens is 2. The third-order valence-electron chi connectivity index (χ3n) is 1.65. The predicted octanol–water partition coefficient (Wildman–Crippen LogP) is 3.02. The van der Waals surface area contributed by atoms with Crippen molar-refractivity contribution in [1.82, 2.24) is 9.38 Å². The number of fused-ring (bicyclic) bond motifs is 1. The summed E-state index contributed by atoms with van der Waals surface area (Å²) in [5.41, 5.74) is 6.94. The van der Waals surface area contributed by atoms with Gasteiger partial charge in [-0.3, -0.25) is 0 Å². The monoisotopic (exact) mass is 257 g/mol. The number of aryl methyl sites for hydroxylation is 1. The van der Waals surface area contributed by atoms with E-state index < -0.39 is 0 Å². The lowest BCUT2D eigenvalue weighted by Crippen LogP contribution is -1.92. The highest BCUT2D eigenvalue weighted by molar-refractivity contribution is 5.49. The van der Waals surface area contributed by atoms with Crippen molar-refractivity contribution >= 4 is 11.3 Å². The molecule has 4 nitrogen and oxygen atoms in total. The van der Waals surface area contributed by atoms with Crippen LogP contribution < -0.4 is 5.73 Å². The molecule has 0 saturated heterocycles. The number of imidazole rings is 1. The quantitative estimate of drug-likeness (QED) is 0.762. The molecule has 2 aromatic rings. The summed E-state index contributed by atoms with van der Waals surface area (Å²) < 4.78 is 14.7. The van der Waals surface area contributed by atoms with Crippen molar-refractivity contribution in [3.63, 3.8) is 0 Å². The van der Waals surface area contributed by atoms with Crippen molar-refractivity contribution in [2.45, 2.75) is 34.6 Å². The molecule has 0 radical (unpaired) electrons. The standard InChI is InChI=1S/C8H8FN3.2C2H6.CH4O/c1-5-3-12-4-6(10)2-7(9)8(12)11-5;3*1-2/h2-4H,10H2,1H3;2*1-2H3;2H,1H3. The molecule has 0 aliphatic heterocycles. The summed E-state index contributed by atoms with van der Waals surface area (Å²) in [4.78, 5) is 3.99. The van der Waals surface area contributed by atoms with Crippen molar-refractivity contribution in [2.75, 3.05) is 12.8 Å². The van der Waals surface area contributed by atoms with E-state index in [9.17, 15) is 4.39 Å². The minimum Gasteiger partial charge on any atom is -0.400 e. The van der Waals surface area contributed by atoms with Gasteiger partial charge in [0, 0.05) is 25.6 Å². The van der Waals surface area contributed by atoms with Gasteiger partial charge in [-0.2, -0.15) is 0 Å². The Morgan fingerprint density at radius 1 is 1.17 bits per heavy atom. The summed E-state index contributed by atoms with van der Waals surface area (Å²) >= 11 is 0. The first-order valence-corrected chi connectivity index (χ1v) is 6.02. The van der Waals surface area contributed by atoms with E-state index in [1.807, 2.05) is 34.6 Å². The molecular weight excluding hydrogens is 233 g/mol. The Bertz CT molecular complexity index is 441. The predicted molar refractivity (Wildman–Crippen MR) is 75.1 cm³/mol. The molecule has 0 saturated carbocycles. The highest BCUT2D eigenvalue weighted by atomic mass is 19.1. The maximum atomic E-state index is 13.1. The van der Waals surface area contributed by atoms with Crippen molar-refractivity contribution in [3.05, 3.63) is 30.0 Å². The van der Waals surface area contributed by atoms with Crippen LogP contribution in [0.4, 0.5) is 10.1 Å². The Hall–Kier alpha value is -1.62. The van der Waals surface area contributed by atoms with Gasteiger partial charge in [-0.15, -0.1) is 0 Å². The lowest BCUT2D eigenvalue weighted by atomic mass is 10.4. The van der Waals surface area contributed by atoms with Crippen molar-refractivity contribution in [3.8, 4) is 0 Å². The fourth-order valence-electron chi connectivity index (χ4n) is 1.20. The van der Waals surface area contributed by atoms with E-state index in [0.29, 0.717) is 11.3 Å². The van der Waals surface area contributed by atoms with E-state index in [0.717, 1.165) is 12.8 Å². The molecule has 2 heterocycles. The lowest BCUT2D eigenvalue weighted by Gasteiger charge is -1.96. The molecule has 3 N–H and O–H groups in total. The molecule has 104 valence electrons. The van der Waals surface area contributed by atoms with Crippen LogP contribution in [0.1, 0.15) is 33.4 Å². The fourth-order valence-corrected chi connectivity index (χ4v) is 1.20. The zero-order valence-electron chi connectivity index (χ0n) is 12.0. The zero-order valence-corrected chi connectivity index (χ0v) is 12.0. The number of aliphatic hydroxyl groups excluding tert-OH is 1. The van der Waals surface area contributed by atoms with E-state index in [1.165, 1.54) is 6.07 Å². The van der Waals surface area contributed by atoms with Gasteiger partial charge in [0.05, 0.1) is 11.4 Å². The first-order valence-electron chi connectivity index (χ1n) is 6.02. The van der Waals surface area contributed by atoms with Crippen LogP contribution in [-0.4, -0.2) is 21.6 Å². The summed E-state index contributed by atoms with van der Waals surface area (Å²) in [7, 11) is 1.00. The van der Waals surface area contributed by atoms with Gasteiger partial charge in [-0.25, -0.2) is 9.37 Å². The zero-order chi connectivity index (χ0) is 14.7. The van der Waals surface area contributed by atoms with Crippen molar-refractivity contribution < 1.29 is 9.50 Å². The average Bonchev–Trinajstić information content (AvgIpc) is 2.77. The molecular formula is C13H24FN3O. The largest absolute Gasteiger partial charge is 0.400 e. The van der Waals surface area contributed by atoms with Crippen LogP contribution in [-0.2, 0) is 0 Å². The Kier molecular flexibility index (Phi) is 11.0. The molecule has 0 atom stereocenters. The van der Waals surface area contributed by atoms with Crippen LogP contribution in [0.25, 0.3) is 5.65 Å². The van der Waals surface area contributed by atoms with Crippen LogP contribution in [0.15, 0.2) is 18.5 Å². The smallest absolute Gasteiger partial charge is 0.173 e. The second kappa shape index (κ2) is 10.5. The number of hydrogen-bond acceptors (Lipinski definition) is 3. The minimum atomic E-state index is -0.386. The second-order valence-corrected chi connectivity index (χ2v) is 2.73. The summed E-state index contributed by atoms with van der Waals surface area (Å²) in [6.45, 7) is 9.81. The summed E-state index contributed by atoms with van der Waals surface area (Å²) in [5.74, 6) is -0.386. The van der Waals surface area contributed by atoms with Crippen LogP contribution in [0.2, 0.25) is 0 Å². The Morgan fingerprint density at radius 2 is 1.67 bits per heavy atom. The summed E-state index contributed by atoms with van der Waals surface area (Å²) in [6.07, 6.45) is 3.37. The second-order valence-electron chi connectivity index (χ2n) is 2.73. The number of halogens is 1. The SMILES string of the molecule is CC.CC.CO.Cc1cn2cc(N)cc(F)c2n1. The summed E-state index contributed by atoms with van der Waals surface area (Å²) in [5, 5.41) is 7.00. The fraction of sp³-hybridized carbons (Fsp3) is 0.462. The first-order chi connectivity index (χ1) is 8.66. The van der Waals surface area contributed by atoms with Gasteiger partial charge in [-0.1, -0.05) is 27.7 Å². The minimum absolute atomic E-state index is 0.321. The molecule has 0 aliphatic rings. The number of nitrogen functional groups attached to an aromatic ring is 1. The van der Waals surface area contributed by atoms with Gasteiger partial charge in [0.2, 0.25) is 0 Å². The molecule has 18 heavy (non-hydrogen) atoms. The molecule has 0 amide bonds. The topological polar surface area (TPSA) is 63.5 Å². The molecule has 0 aliphatic carbocycles. The van der Waals surface area contributed by atoms with Crippen LogP contribution in [0.5, 0.6) is 0 Å². The van der Waals surface area contributed by atoms with Crippen molar-refractivity contribution in [1.29, 1.82) is 0 Å². The van der Waals surface area contributed by atoms with Gasteiger partial charge >= 0.3 is 0 Å². The highest BCUT2D eigenvalue weighted by Crippen LogP contribution is 2.12. The van der Waals surface area contributed by atoms with E-state index in [4.69, 9.17) is 10.8 Å². The molecule has 0 spiro atoms. The Morgan fingerprint density at radius 3 is 2.17 bits per heavy atom. The van der Waals surface area contributed by atoms with Gasteiger partial charge in [0.1, 0.15) is 0 Å². The molecule has 0 unspecified atom stereocenters. The molecule has 2 rings (SSSR count). The van der Waals surface area contributed by atoms with E-state index in [2.05, 4.69) is 4.98 Å². The highest BCUT2D eigenvalue weighted by Gasteiger charge is 2.04. The summed E-state index contributed by atoms with van der Waals surface area (Å²) in [6, 6.07) is 1.27. The molecule has 0 aromatic carbocycles. The van der Waals surface area contributed by atoms with E-state index in [-0.39, 0.29) is 5.82 Å². The third kappa shape index (κ3) is 5.14. The number of pyridine rings is 1. The lowest BCUT2D eigenvalue weighted by molar-refractivity contribution is 0.399. The molecule has 0 fully saturated rings. The van der Waals surface area contributed by atoms with Gasteiger partial charge in [0.15, 0.2) is 11.5 Å². The average molecular weight is 257 g/mol. The first kappa shape index (κ1) is 18.7. The molecule has 0 bridgehead atoms. The van der Waals surface area contributed by atoms with Crippen LogP contribution >= 0.6 is 0 Å². The Labute approximate surface area is 108 Å². The molecule has 2 aromatic heterocycles. The van der Waals surface area contributed by atoms with Crippen LogP contribution in [0.3, 0.4) is 0 Å². The maximum absolute atomic E-state index is 13.1.